The molecule has 0 radical (unpaired) electrons. The maximum Gasteiger partial charge on any atom is 0.269 e. The molecule has 1 aliphatic heterocycles. The number of rotatable bonds is 3. The first-order valence-electron chi connectivity index (χ1n) is 7.77. The third kappa shape index (κ3) is 3.87. The molecule has 2 heterocycles. The number of nitrogens with one attached hydrogen (secondary N) is 2. The second-order valence-electron chi connectivity index (χ2n) is 5.97. The average Bonchev–Trinajstić information content (AvgIpc) is 3.17. The second-order valence-corrected chi connectivity index (χ2v) is 8.20. The van der Waals surface area contributed by atoms with Crippen LogP contribution in [-0.4, -0.2) is 41.5 Å². The Kier molecular flexibility index (Phi) is 4.58. The molecule has 1 saturated heterocycles. The number of carbonyl (C=O) groups excluding carboxylic acids is 2. The van der Waals surface area contributed by atoms with E-state index in [4.69, 9.17) is 0 Å². The number of hydrogen-bond donors (Lipinski definition) is 2. The molecule has 3 rings (SSSR count). The summed E-state index contributed by atoms with van der Waals surface area (Å²) in [6.45, 7) is 1.92. The first kappa shape index (κ1) is 17.2. The highest BCUT2D eigenvalue weighted by Crippen LogP contribution is 2.18. The van der Waals surface area contributed by atoms with E-state index in [9.17, 15) is 18.0 Å². The summed E-state index contributed by atoms with van der Waals surface area (Å²) >= 11 is 0. The zero-order valence-corrected chi connectivity index (χ0v) is 14.4. The number of hydrogen-bond acceptors (Lipinski definition) is 5. The minimum absolute atomic E-state index is 0.00728. The third-order valence-corrected chi connectivity index (χ3v) is 5.88. The van der Waals surface area contributed by atoms with Gasteiger partial charge in [-0.3, -0.25) is 20.4 Å². The standard InChI is InChI=1S/C16H18N4O4S/c1-11-6-8-17-20(11)14-4-2-12(3-5-14)15(21)18-19-16(22)13-7-9-25(23,24)10-13/h2-6,8,13H,7,9-10H2,1H3,(H,18,21)(H,19,22)/t13-/m0/s1. The fourth-order valence-electron chi connectivity index (χ4n) is 2.69. The number of hydrazine groups is 1. The first-order valence-corrected chi connectivity index (χ1v) is 9.59. The molecule has 2 aromatic rings. The van der Waals surface area contributed by atoms with Crippen molar-refractivity contribution >= 4 is 21.7 Å². The van der Waals surface area contributed by atoms with Gasteiger partial charge >= 0.3 is 0 Å². The lowest BCUT2D eigenvalue weighted by atomic mass is 10.1. The number of nitrogens with zero attached hydrogens (tertiary/aromatic N) is 2. The molecule has 2 N–H and O–H groups in total. The molecule has 2 amide bonds. The van der Waals surface area contributed by atoms with Crippen LogP contribution in [0.1, 0.15) is 22.5 Å². The Morgan fingerprint density at radius 3 is 2.44 bits per heavy atom. The lowest BCUT2D eigenvalue weighted by Crippen LogP contribution is -2.44. The molecule has 0 bridgehead atoms. The molecule has 1 atom stereocenters. The predicted octanol–water partition coefficient (Wildman–Crippen LogP) is 0.376. The second kappa shape index (κ2) is 6.67. The molecule has 9 heteroatoms. The van der Waals surface area contributed by atoms with E-state index in [2.05, 4.69) is 16.0 Å². The summed E-state index contributed by atoms with van der Waals surface area (Å²) in [7, 11) is -3.14. The van der Waals surface area contributed by atoms with E-state index in [-0.39, 0.29) is 17.9 Å². The Labute approximate surface area is 145 Å². The summed E-state index contributed by atoms with van der Waals surface area (Å²) in [6.07, 6.45) is 1.97. The van der Waals surface area contributed by atoms with E-state index in [0.29, 0.717) is 5.56 Å². The number of aryl methyl sites for hydroxylation is 1. The molecule has 1 aliphatic rings. The van der Waals surface area contributed by atoms with Gasteiger partial charge in [0.1, 0.15) is 0 Å². The zero-order valence-electron chi connectivity index (χ0n) is 13.6. The summed E-state index contributed by atoms with van der Waals surface area (Å²) in [6, 6.07) is 8.62. The lowest BCUT2D eigenvalue weighted by molar-refractivity contribution is -0.125. The van der Waals surface area contributed by atoms with Crippen molar-refractivity contribution in [1.29, 1.82) is 0 Å². The van der Waals surface area contributed by atoms with Gasteiger partial charge in [0.25, 0.3) is 5.91 Å². The molecular formula is C16H18N4O4S. The third-order valence-electron chi connectivity index (χ3n) is 4.11. The highest BCUT2D eigenvalue weighted by Gasteiger charge is 2.33. The van der Waals surface area contributed by atoms with E-state index >= 15 is 0 Å². The number of benzene rings is 1. The molecule has 132 valence electrons. The normalized spacial score (nSPS) is 18.7. The van der Waals surface area contributed by atoms with Crippen LogP contribution in [0, 0.1) is 12.8 Å². The van der Waals surface area contributed by atoms with Gasteiger partial charge in [-0.1, -0.05) is 0 Å². The van der Waals surface area contributed by atoms with Gasteiger partial charge < -0.3 is 0 Å². The van der Waals surface area contributed by atoms with E-state index in [1.807, 2.05) is 13.0 Å². The molecule has 25 heavy (non-hydrogen) atoms. The highest BCUT2D eigenvalue weighted by molar-refractivity contribution is 7.91. The van der Waals surface area contributed by atoms with E-state index in [0.717, 1.165) is 11.4 Å². The Hall–Kier alpha value is -2.68. The SMILES string of the molecule is Cc1ccnn1-c1ccc(C(=O)NNC(=O)[C@H]2CCS(=O)(=O)C2)cc1. The Morgan fingerprint density at radius 2 is 1.88 bits per heavy atom. The lowest BCUT2D eigenvalue weighted by Gasteiger charge is -2.11. The number of aromatic nitrogens is 2. The maximum atomic E-state index is 12.1. The summed E-state index contributed by atoms with van der Waals surface area (Å²) in [5.41, 5.74) is 6.76. The van der Waals surface area contributed by atoms with Crippen molar-refractivity contribution in [2.45, 2.75) is 13.3 Å². The van der Waals surface area contributed by atoms with Crippen LogP contribution in [0.15, 0.2) is 36.5 Å². The molecule has 8 nitrogen and oxygen atoms in total. The molecule has 1 aromatic heterocycles. The molecule has 1 fully saturated rings. The molecule has 1 aromatic carbocycles. The van der Waals surface area contributed by atoms with Gasteiger partial charge in [0.2, 0.25) is 5.91 Å². The van der Waals surface area contributed by atoms with Crippen molar-refractivity contribution in [3.8, 4) is 5.69 Å². The van der Waals surface area contributed by atoms with E-state index in [1.165, 1.54) is 0 Å². The van der Waals surface area contributed by atoms with Gasteiger partial charge in [0.15, 0.2) is 9.84 Å². The minimum atomic E-state index is -3.14. The van der Waals surface area contributed by atoms with Gasteiger partial charge in [-0.25, -0.2) is 13.1 Å². The van der Waals surface area contributed by atoms with Crippen molar-refractivity contribution in [1.82, 2.24) is 20.6 Å². The highest BCUT2D eigenvalue weighted by atomic mass is 32.2. The van der Waals surface area contributed by atoms with Crippen LogP contribution in [0.5, 0.6) is 0 Å². The van der Waals surface area contributed by atoms with Crippen LogP contribution in [0.2, 0.25) is 0 Å². The summed E-state index contributed by atoms with van der Waals surface area (Å²) in [4.78, 5) is 24.0. The summed E-state index contributed by atoms with van der Waals surface area (Å²) < 4.78 is 24.5. The largest absolute Gasteiger partial charge is 0.273 e. The number of carbonyl (C=O) groups is 2. The summed E-state index contributed by atoms with van der Waals surface area (Å²) in [5.74, 6) is -1.74. The Bertz CT molecular complexity index is 902. The van der Waals surface area contributed by atoms with Crippen molar-refractivity contribution in [3.63, 3.8) is 0 Å². The van der Waals surface area contributed by atoms with Crippen molar-refractivity contribution in [2.75, 3.05) is 11.5 Å². The van der Waals surface area contributed by atoms with Gasteiger partial charge in [0.05, 0.1) is 23.1 Å². The van der Waals surface area contributed by atoms with Crippen molar-refractivity contribution < 1.29 is 18.0 Å². The van der Waals surface area contributed by atoms with Crippen LogP contribution in [0.25, 0.3) is 5.69 Å². The predicted molar refractivity (Wildman–Crippen MR) is 90.7 cm³/mol. The van der Waals surface area contributed by atoms with Gasteiger partial charge in [-0.15, -0.1) is 0 Å². The van der Waals surface area contributed by atoms with Crippen LogP contribution >= 0.6 is 0 Å². The average molecular weight is 362 g/mol. The quantitative estimate of drug-likeness (QED) is 0.767. The monoisotopic (exact) mass is 362 g/mol. The maximum absolute atomic E-state index is 12.1. The molecular weight excluding hydrogens is 344 g/mol. The molecule has 0 unspecified atom stereocenters. The fraction of sp³-hybridized carbons (Fsp3) is 0.312. The van der Waals surface area contributed by atoms with Crippen LogP contribution in [0.3, 0.4) is 0 Å². The number of amides is 2. The van der Waals surface area contributed by atoms with E-state index in [1.54, 1.807) is 35.1 Å². The van der Waals surface area contributed by atoms with Crippen LogP contribution < -0.4 is 10.9 Å². The van der Waals surface area contributed by atoms with Crippen LogP contribution in [-0.2, 0) is 14.6 Å². The zero-order chi connectivity index (χ0) is 18.0. The Morgan fingerprint density at radius 1 is 1.16 bits per heavy atom. The minimum Gasteiger partial charge on any atom is -0.273 e. The van der Waals surface area contributed by atoms with E-state index < -0.39 is 27.6 Å². The van der Waals surface area contributed by atoms with Gasteiger partial charge in [-0.2, -0.15) is 5.10 Å². The van der Waals surface area contributed by atoms with Crippen molar-refractivity contribution in [3.05, 3.63) is 47.8 Å². The Balaban J connectivity index is 1.58. The van der Waals surface area contributed by atoms with Gasteiger partial charge in [0, 0.05) is 17.5 Å². The first-order chi connectivity index (χ1) is 11.9. The topological polar surface area (TPSA) is 110 Å². The molecule has 0 aliphatic carbocycles. The molecule has 0 saturated carbocycles. The number of sulfone groups is 1. The van der Waals surface area contributed by atoms with Crippen LogP contribution in [0.4, 0.5) is 0 Å². The summed E-state index contributed by atoms with van der Waals surface area (Å²) in [5, 5.41) is 4.19. The molecule has 0 spiro atoms. The smallest absolute Gasteiger partial charge is 0.269 e. The fourth-order valence-corrected chi connectivity index (χ4v) is 4.43. The van der Waals surface area contributed by atoms with Gasteiger partial charge in [-0.05, 0) is 43.7 Å². The van der Waals surface area contributed by atoms with Crippen molar-refractivity contribution in [2.24, 2.45) is 5.92 Å².